The second-order valence-corrected chi connectivity index (χ2v) is 3.42. The average Bonchev–Trinajstić information content (AvgIpc) is 2.46. The van der Waals surface area contributed by atoms with Gasteiger partial charge in [-0.25, -0.2) is 0 Å². The van der Waals surface area contributed by atoms with E-state index in [4.69, 9.17) is 0 Å². The van der Waals surface area contributed by atoms with E-state index in [0.717, 1.165) is 0 Å². The van der Waals surface area contributed by atoms with E-state index in [-0.39, 0.29) is 12.5 Å². The molecule has 1 aromatic heterocycles. The number of aromatic amines is 1. The molecule has 80 valence electrons. The fourth-order valence-corrected chi connectivity index (χ4v) is 1.18. The van der Waals surface area contributed by atoms with Gasteiger partial charge in [-0.3, -0.25) is 0 Å². The summed E-state index contributed by atoms with van der Waals surface area (Å²) in [6.45, 7) is 3.68. The molecule has 0 aliphatic carbocycles. The van der Waals surface area contributed by atoms with Crippen molar-refractivity contribution in [3.05, 3.63) is 12.2 Å². The van der Waals surface area contributed by atoms with Gasteiger partial charge in [0.15, 0.2) is 0 Å². The van der Waals surface area contributed by atoms with Crippen LogP contribution in [0.3, 0.4) is 0 Å². The Kier molecular flexibility index (Phi) is 3.13. The summed E-state index contributed by atoms with van der Waals surface area (Å²) < 4.78 is 37.2. The molecule has 1 N–H and O–H groups in total. The van der Waals surface area contributed by atoms with Crippen LogP contribution in [-0.2, 0) is 6.54 Å². The zero-order chi connectivity index (χ0) is 10.8. The Labute approximate surface area is 79.9 Å². The minimum Gasteiger partial charge on any atom is -0.194 e. The van der Waals surface area contributed by atoms with E-state index in [1.54, 1.807) is 0 Å². The maximum atomic E-state index is 11.9. The quantitative estimate of drug-likeness (QED) is 0.754. The molecular formula is C8H13F3N3+. The first-order valence-corrected chi connectivity index (χ1v) is 4.40. The van der Waals surface area contributed by atoms with E-state index >= 15 is 0 Å². The van der Waals surface area contributed by atoms with Crippen LogP contribution in [-0.4, -0.2) is 16.3 Å². The van der Waals surface area contributed by atoms with Gasteiger partial charge in [-0.2, -0.15) is 23.0 Å². The Morgan fingerprint density at radius 2 is 2.14 bits per heavy atom. The summed E-state index contributed by atoms with van der Waals surface area (Å²) in [6.07, 6.45) is -3.54. The van der Waals surface area contributed by atoms with Crippen LogP contribution < -0.4 is 4.68 Å². The molecule has 1 heterocycles. The minimum absolute atomic E-state index is 0.100. The predicted octanol–water partition coefficient (Wildman–Crippen LogP) is 1.77. The summed E-state index contributed by atoms with van der Waals surface area (Å²) in [6, 6.07) is 0. The number of nitrogens with one attached hydrogen (secondary N) is 1. The Balaban J connectivity index is 2.63. The monoisotopic (exact) mass is 208 g/mol. The Hall–Kier alpha value is -1.07. The molecule has 0 saturated heterocycles. The van der Waals surface area contributed by atoms with Gasteiger partial charge in [0.25, 0.3) is 0 Å². The van der Waals surface area contributed by atoms with Crippen LogP contribution in [0.2, 0.25) is 0 Å². The van der Waals surface area contributed by atoms with E-state index < -0.39 is 12.6 Å². The largest absolute Gasteiger partial charge is 0.392 e. The number of alkyl halides is 3. The third-order valence-corrected chi connectivity index (χ3v) is 1.82. The maximum absolute atomic E-state index is 11.9. The molecule has 3 nitrogen and oxygen atoms in total. The number of hydrogen-bond donors (Lipinski definition) is 1. The zero-order valence-electron chi connectivity index (χ0n) is 8.10. The van der Waals surface area contributed by atoms with Gasteiger partial charge in [-0.1, -0.05) is 13.8 Å². The number of rotatable bonds is 3. The third-order valence-electron chi connectivity index (χ3n) is 1.82. The van der Waals surface area contributed by atoms with Gasteiger partial charge in [-0.15, -0.1) is 0 Å². The molecule has 0 bridgehead atoms. The van der Waals surface area contributed by atoms with Crippen LogP contribution in [0.15, 0.2) is 6.33 Å². The summed E-state index contributed by atoms with van der Waals surface area (Å²) in [4.78, 5) is 3.96. The fourth-order valence-electron chi connectivity index (χ4n) is 1.18. The van der Waals surface area contributed by atoms with Crippen molar-refractivity contribution in [2.45, 2.75) is 38.9 Å². The first-order valence-electron chi connectivity index (χ1n) is 4.40. The second kappa shape index (κ2) is 3.98. The van der Waals surface area contributed by atoms with Gasteiger partial charge >= 0.3 is 12.0 Å². The minimum atomic E-state index is -4.12. The van der Waals surface area contributed by atoms with Gasteiger partial charge < -0.3 is 0 Å². The van der Waals surface area contributed by atoms with Crippen molar-refractivity contribution in [2.24, 2.45) is 0 Å². The van der Waals surface area contributed by atoms with Crippen LogP contribution in [0.25, 0.3) is 0 Å². The number of hydrogen-bond acceptors (Lipinski definition) is 1. The number of halogens is 3. The van der Waals surface area contributed by atoms with Crippen molar-refractivity contribution in [1.82, 2.24) is 10.1 Å². The highest BCUT2D eigenvalue weighted by atomic mass is 19.4. The maximum Gasteiger partial charge on any atom is 0.392 e. The van der Waals surface area contributed by atoms with Crippen molar-refractivity contribution in [1.29, 1.82) is 0 Å². The molecule has 0 spiro atoms. The summed E-state index contributed by atoms with van der Waals surface area (Å²) in [5, 5.41) is 2.67. The van der Waals surface area contributed by atoms with Crippen molar-refractivity contribution in [3.63, 3.8) is 0 Å². The van der Waals surface area contributed by atoms with E-state index in [2.05, 4.69) is 10.1 Å². The molecule has 0 saturated carbocycles. The van der Waals surface area contributed by atoms with Crippen LogP contribution in [0.4, 0.5) is 13.2 Å². The van der Waals surface area contributed by atoms with Gasteiger partial charge in [-0.05, 0) is 4.98 Å². The molecule has 0 aliphatic heterocycles. The van der Waals surface area contributed by atoms with Crippen LogP contribution in [0.5, 0.6) is 0 Å². The lowest BCUT2D eigenvalue weighted by Crippen LogP contribution is -2.42. The molecule has 0 radical (unpaired) electrons. The summed E-state index contributed by atoms with van der Waals surface area (Å²) in [5.41, 5.74) is 0. The van der Waals surface area contributed by atoms with Gasteiger partial charge in [0.2, 0.25) is 6.33 Å². The highest BCUT2D eigenvalue weighted by Gasteiger charge is 2.29. The van der Waals surface area contributed by atoms with E-state index in [0.29, 0.717) is 5.82 Å². The molecule has 0 amide bonds. The van der Waals surface area contributed by atoms with Crippen LogP contribution >= 0.6 is 0 Å². The predicted molar refractivity (Wildman–Crippen MR) is 43.5 cm³/mol. The highest BCUT2D eigenvalue weighted by Crippen LogP contribution is 2.19. The molecule has 1 aromatic rings. The summed E-state index contributed by atoms with van der Waals surface area (Å²) in [7, 11) is 0. The fraction of sp³-hybridized carbons (Fsp3) is 0.750. The number of H-pyrrole nitrogens is 1. The van der Waals surface area contributed by atoms with Gasteiger partial charge in [0.05, 0.1) is 12.3 Å². The molecule has 14 heavy (non-hydrogen) atoms. The van der Waals surface area contributed by atoms with E-state index in [1.807, 2.05) is 13.8 Å². The van der Waals surface area contributed by atoms with Crippen molar-refractivity contribution in [3.8, 4) is 0 Å². The van der Waals surface area contributed by atoms with Crippen LogP contribution in [0, 0.1) is 0 Å². The number of aromatic nitrogens is 3. The number of aryl methyl sites for hydroxylation is 1. The van der Waals surface area contributed by atoms with Gasteiger partial charge in [0.1, 0.15) is 6.54 Å². The van der Waals surface area contributed by atoms with Crippen LogP contribution in [0.1, 0.15) is 32.0 Å². The SMILES string of the molecule is CC(C)c1nc[nH][n+]1CCC(F)(F)F. The normalized spacial score (nSPS) is 12.4. The first kappa shape index (κ1) is 11.0. The number of nitrogens with zero attached hydrogens (tertiary/aromatic N) is 2. The molecule has 0 aliphatic rings. The van der Waals surface area contributed by atoms with Crippen molar-refractivity contribution >= 4 is 0 Å². The lowest BCUT2D eigenvalue weighted by Gasteiger charge is -2.04. The highest BCUT2D eigenvalue weighted by molar-refractivity contribution is 4.80. The summed E-state index contributed by atoms with van der Waals surface area (Å²) >= 11 is 0. The second-order valence-electron chi connectivity index (χ2n) is 3.42. The van der Waals surface area contributed by atoms with E-state index in [9.17, 15) is 13.2 Å². The van der Waals surface area contributed by atoms with Crippen molar-refractivity contribution in [2.75, 3.05) is 0 Å². The van der Waals surface area contributed by atoms with Gasteiger partial charge in [0, 0.05) is 0 Å². The Bertz CT molecular complexity index is 290. The third kappa shape index (κ3) is 3.01. The zero-order valence-corrected chi connectivity index (χ0v) is 8.10. The molecule has 6 heteroatoms. The van der Waals surface area contributed by atoms with E-state index in [1.165, 1.54) is 11.0 Å². The molecule has 1 rings (SSSR count). The summed E-state index contributed by atoms with van der Waals surface area (Å²) in [5.74, 6) is 0.767. The lowest BCUT2D eigenvalue weighted by molar-refractivity contribution is -0.761. The lowest BCUT2D eigenvalue weighted by atomic mass is 10.2. The molecule has 0 aromatic carbocycles. The molecule has 0 atom stereocenters. The molecule has 0 fully saturated rings. The van der Waals surface area contributed by atoms with Crippen molar-refractivity contribution < 1.29 is 17.9 Å². The topological polar surface area (TPSA) is 32.6 Å². The average molecular weight is 208 g/mol. The smallest absolute Gasteiger partial charge is 0.194 e. The first-order chi connectivity index (χ1) is 6.40. The Morgan fingerprint density at radius 1 is 1.50 bits per heavy atom. The molecular weight excluding hydrogens is 195 g/mol. The standard InChI is InChI=1S/C8H12F3N3/c1-6(2)7-12-5-13-14(7)4-3-8(9,10)11/h5-6H,3-4H2,1-2H3/p+1. The molecule has 0 unspecified atom stereocenters. The Morgan fingerprint density at radius 3 is 2.64 bits per heavy atom.